The van der Waals surface area contributed by atoms with Gasteiger partial charge in [-0.3, -0.25) is 4.79 Å². The first kappa shape index (κ1) is 11.4. The Hall–Kier alpha value is -2.10. The highest BCUT2D eigenvalue weighted by atomic mass is 19.1. The summed E-state index contributed by atoms with van der Waals surface area (Å²) in [5.74, 6) is -0.383. The number of carbonyl (C=O) groups is 1. The third-order valence-corrected chi connectivity index (χ3v) is 2.50. The molecule has 88 valence electrons. The minimum atomic E-state index is -0.233. The van der Waals surface area contributed by atoms with Gasteiger partial charge in [-0.1, -0.05) is 18.2 Å². The molecule has 0 atom stereocenters. The van der Waals surface area contributed by atoms with Gasteiger partial charge in [0.2, 0.25) is 0 Å². The van der Waals surface area contributed by atoms with E-state index in [0.717, 1.165) is 0 Å². The van der Waals surface area contributed by atoms with E-state index in [-0.39, 0.29) is 11.7 Å². The van der Waals surface area contributed by atoms with Gasteiger partial charge >= 0.3 is 0 Å². The number of H-pyrrole nitrogens is 1. The van der Waals surface area contributed by atoms with Crippen molar-refractivity contribution in [2.24, 2.45) is 0 Å². The molecule has 2 aromatic rings. The second kappa shape index (κ2) is 5.30. The molecule has 0 fully saturated rings. The molecule has 2 N–H and O–H groups in total. The average Bonchev–Trinajstić information content (AvgIpc) is 2.85. The molecule has 4 heteroatoms. The highest BCUT2D eigenvalue weighted by Gasteiger charge is 2.05. The summed E-state index contributed by atoms with van der Waals surface area (Å²) in [6, 6.07) is 8.27. The van der Waals surface area contributed by atoms with Crippen LogP contribution in [0.25, 0.3) is 0 Å². The van der Waals surface area contributed by atoms with Crippen molar-refractivity contribution in [2.45, 2.75) is 6.42 Å². The van der Waals surface area contributed by atoms with Crippen molar-refractivity contribution < 1.29 is 9.18 Å². The molecule has 3 nitrogen and oxygen atoms in total. The van der Waals surface area contributed by atoms with E-state index in [2.05, 4.69) is 10.3 Å². The zero-order valence-corrected chi connectivity index (χ0v) is 9.24. The molecule has 0 unspecified atom stereocenters. The largest absolute Gasteiger partial charge is 0.367 e. The summed E-state index contributed by atoms with van der Waals surface area (Å²) in [6.07, 6.45) is 3.80. The van der Waals surface area contributed by atoms with Crippen molar-refractivity contribution in [2.75, 3.05) is 6.54 Å². The number of nitrogens with one attached hydrogen (secondary N) is 2. The minimum absolute atomic E-state index is 0.150. The van der Waals surface area contributed by atoms with Gasteiger partial charge in [0.05, 0.1) is 5.56 Å². The number of rotatable bonds is 4. The standard InChI is InChI=1S/C13H13FN2O/c14-12-4-2-1-3-10(12)6-8-16-13(17)11-5-7-15-9-11/h1-5,7,9,15H,6,8H2,(H,16,17). The number of amides is 1. The summed E-state index contributed by atoms with van der Waals surface area (Å²) < 4.78 is 13.3. The fraction of sp³-hybridized carbons (Fsp3) is 0.154. The van der Waals surface area contributed by atoms with Gasteiger partial charge in [-0.05, 0) is 24.1 Å². The molecular weight excluding hydrogens is 219 g/mol. The zero-order valence-electron chi connectivity index (χ0n) is 9.24. The van der Waals surface area contributed by atoms with Crippen molar-refractivity contribution in [3.63, 3.8) is 0 Å². The van der Waals surface area contributed by atoms with Crippen LogP contribution >= 0.6 is 0 Å². The molecule has 2 rings (SSSR count). The van der Waals surface area contributed by atoms with E-state index < -0.39 is 0 Å². The maximum Gasteiger partial charge on any atom is 0.252 e. The van der Waals surface area contributed by atoms with Gasteiger partial charge in [-0.2, -0.15) is 0 Å². The molecule has 0 aliphatic rings. The number of hydrogen-bond acceptors (Lipinski definition) is 1. The van der Waals surface area contributed by atoms with Gasteiger partial charge < -0.3 is 10.3 Å². The van der Waals surface area contributed by atoms with Crippen molar-refractivity contribution in [3.8, 4) is 0 Å². The molecule has 1 aromatic heterocycles. The molecule has 0 aliphatic carbocycles. The number of hydrogen-bond donors (Lipinski definition) is 2. The van der Waals surface area contributed by atoms with Crippen LogP contribution in [0.3, 0.4) is 0 Å². The smallest absolute Gasteiger partial charge is 0.252 e. The molecule has 0 saturated heterocycles. The van der Waals surface area contributed by atoms with Crippen LogP contribution in [0.1, 0.15) is 15.9 Å². The molecule has 17 heavy (non-hydrogen) atoms. The lowest BCUT2D eigenvalue weighted by Crippen LogP contribution is -2.25. The van der Waals surface area contributed by atoms with Crippen LogP contribution in [0.2, 0.25) is 0 Å². The summed E-state index contributed by atoms with van der Waals surface area (Å²) in [5.41, 5.74) is 1.19. The van der Waals surface area contributed by atoms with E-state index in [1.165, 1.54) is 6.07 Å². The monoisotopic (exact) mass is 232 g/mol. The summed E-state index contributed by atoms with van der Waals surface area (Å²) in [5, 5.41) is 2.74. The first-order valence-electron chi connectivity index (χ1n) is 5.42. The highest BCUT2D eigenvalue weighted by molar-refractivity contribution is 5.93. The minimum Gasteiger partial charge on any atom is -0.367 e. The Morgan fingerprint density at radius 2 is 2.12 bits per heavy atom. The zero-order chi connectivity index (χ0) is 12.1. The van der Waals surface area contributed by atoms with Crippen molar-refractivity contribution in [3.05, 3.63) is 59.7 Å². The number of carbonyl (C=O) groups excluding carboxylic acids is 1. The Labute approximate surface area is 98.7 Å². The maximum atomic E-state index is 13.3. The van der Waals surface area contributed by atoms with Crippen LogP contribution < -0.4 is 5.32 Å². The number of halogens is 1. The molecule has 0 aliphatic heterocycles. The highest BCUT2D eigenvalue weighted by Crippen LogP contribution is 2.06. The van der Waals surface area contributed by atoms with Gasteiger partial charge in [0.25, 0.3) is 5.91 Å². The Morgan fingerprint density at radius 1 is 1.29 bits per heavy atom. The average molecular weight is 232 g/mol. The van der Waals surface area contributed by atoms with E-state index >= 15 is 0 Å². The quantitative estimate of drug-likeness (QED) is 0.833. The Bertz CT molecular complexity index is 494. The van der Waals surface area contributed by atoms with Crippen LogP contribution in [0.15, 0.2) is 42.7 Å². The van der Waals surface area contributed by atoms with Crippen LogP contribution in [0, 0.1) is 5.82 Å². The number of aromatic nitrogens is 1. The van der Waals surface area contributed by atoms with Gasteiger partial charge in [0.1, 0.15) is 5.82 Å². The first-order chi connectivity index (χ1) is 8.27. The third kappa shape index (κ3) is 2.93. The van der Waals surface area contributed by atoms with E-state index in [9.17, 15) is 9.18 Å². The third-order valence-electron chi connectivity index (χ3n) is 2.50. The molecule has 0 radical (unpaired) electrons. The van der Waals surface area contributed by atoms with Crippen LogP contribution in [0.5, 0.6) is 0 Å². The Morgan fingerprint density at radius 3 is 2.82 bits per heavy atom. The molecule has 0 spiro atoms. The van der Waals surface area contributed by atoms with Crippen molar-refractivity contribution in [1.29, 1.82) is 0 Å². The van der Waals surface area contributed by atoms with Crippen molar-refractivity contribution in [1.82, 2.24) is 10.3 Å². The molecule has 0 bridgehead atoms. The number of benzene rings is 1. The topological polar surface area (TPSA) is 44.9 Å². The van der Waals surface area contributed by atoms with Crippen molar-refractivity contribution >= 4 is 5.91 Å². The van der Waals surface area contributed by atoms with E-state index in [4.69, 9.17) is 0 Å². The lowest BCUT2D eigenvalue weighted by Gasteiger charge is -2.04. The van der Waals surface area contributed by atoms with Crippen LogP contribution in [-0.4, -0.2) is 17.4 Å². The van der Waals surface area contributed by atoms with Gasteiger partial charge in [-0.15, -0.1) is 0 Å². The summed E-state index contributed by atoms with van der Waals surface area (Å²) in [4.78, 5) is 14.4. The normalized spacial score (nSPS) is 10.2. The molecule has 0 saturated carbocycles. The maximum absolute atomic E-state index is 13.3. The van der Waals surface area contributed by atoms with E-state index in [1.807, 2.05) is 0 Å². The van der Waals surface area contributed by atoms with E-state index in [0.29, 0.717) is 24.1 Å². The summed E-state index contributed by atoms with van der Waals surface area (Å²) >= 11 is 0. The second-order valence-electron chi connectivity index (χ2n) is 3.70. The fourth-order valence-electron chi connectivity index (χ4n) is 1.58. The second-order valence-corrected chi connectivity index (χ2v) is 3.70. The lowest BCUT2D eigenvalue weighted by atomic mass is 10.1. The van der Waals surface area contributed by atoms with E-state index in [1.54, 1.807) is 36.7 Å². The Balaban J connectivity index is 1.84. The lowest BCUT2D eigenvalue weighted by molar-refractivity contribution is 0.0954. The molecule has 1 heterocycles. The summed E-state index contributed by atoms with van der Waals surface area (Å²) in [7, 11) is 0. The first-order valence-corrected chi connectivity index (χ1v) is 5.42. The predicted octanol–water partition coefficient (Wildman–Crippen LogP) is 2.13. The molecular formula is C13H13FN2O. The van der Waals surface area contributed by atoms with Gasteiger partial charge in [-0.25, -0.2) is 4.39 Å². The summed E-state index contributed by atoms with van der Waals surface area (Å²) in [6.45, 7) is 0.422. The SMILES string of the molecule is O=C(NCCc1ccccc1F)c1cc[nH]c1. The van der Waals surface area contributed by atoms with Crippen LogP contribution in [-0.2, 0) is 6.42 Å². The van der Waals surface area contributed by atoms with Gasteiger partial charge in [0.15, 0.2) is 0 Å². The number of aromatic amines is 1. The fourth-order valence-corrected chi connectivity index (χ4v) is 1.58. The molecule has 1 amide bonds. The Kier molecular flexibility index (Phi) is 3.55. The van der Waals surface area contributed by atoms with Gasteiger partial charge in [0, 0.05) is 18.9 Å². The molecule has 1 aromatic carbocycles. The predicted molar refractivity (Wildman–Crippen MR) is 63.2 cm³/mol. The van der Waals surface area contributed by atoms with Crippen LogP contribution in [0.4, 0.5) is 4.39 Å².